The number of likely N-dealkylation sites (N-methyl/N-ethyl adjacent to an activating group) is 1. The van der Waals surface area contributed by atoms with E-state index in [9.17, 15) is 0 Å². The van der Waals surface area contributed by atoms with Crippen LogP contribution in [0.2, 0.25) is 0 Å². The van der Waals surface area contributed by atoms with Gasteiger partial charge in [0.05, 0.1) is 0 Å². The Bertz CT molecular complexity index is 384. The van der Waals surface area contributed by atoms with E-state index < -0.39 is 0 Å². The Morgan fingerprint density at radius 1 is 1.44 bits per heavy atom. The number of aryl methyl sites for hydroxylation is 1. The molecule has 1 aliphatic heterocycles. The van der Waals surface area contributed by atoms with Gasteiger partial charge in [0.25, 0.3) is 0 Å². The largest absolute Gasteiger partial charge is 0.355 e. The second-order valence-electron chi connectivity index (χ2n) is 5.16. The predicted octanol–water partition coefficient (Wildman–Crippen LogP) is 2.52. The van der Waals surface area contributed by atoms with E-state index in [0.29, 0.717) is 11.9 Å². The van der Waals surface area contributed by atoms with Crippen LogP contribution in [0.3, 0.4) is 0 Å². The molecule has 0 aromatic carbocycles. The highest BCUT2D eigenvalue weighted by Crippen LogP contribution is 2.23. The van der Waals surface area contributed by atoms with Gasteiger partial charge < -0.3 is 9.80 Å². The second kappa shape index (κ2) is 5.89. The maximum Gasteiger partial charge on any atom is 0.129 e. The Hall–Kier alpha value is -0.800. The Balaban J connectivity index is 2.18. The number of aromatic nitrogens is 1. The third-order valence-corrected chi connectivity index (χ3v) is 3.97. The van der Waals surface area contributed by atoms with Crippen molar-refractivity contribution in [3.05, 3.63) is 23.4 Å². The molecule has 1 aromatic heterocycles. The molecule has 0 radical (unpaired) electrons. The number of hydrogen-bond acceptors (Lipinski definition) is 3. The molecule has 1 unspecified atom stereocenters. The van der Waals surface area contributed by atoms with E-state index in [4.69, 9.17) is 16.6 Å². The first-order chi connectivity index (χ1) is 8.63. The molecule has 0 aliphatic carbocycles. The first kappa shape index (κ1) is 13.6. The molecule has 18 heavy (non-hydrogen) atoms. The third-order valence-electron chi connectivity index (χ3n) is 3.66. The van der Waals surface area contributed by atoms with Crippen molar-refractivity contribution in [2.75, 3.05) is 32.1 Å². The minimum Gasteiger partial charge on any atom is -0.355 e. The summed E-state index contributed by atoms with van der Waals surface area (Å²) in [5.74, 6) is 1.65. The van der Waals surface area contributed by atoms with E-state index >= 15 is 0 Å². The lowest BCUT2D eigenvalue weighted by Gasteiger charge is -2.22. The van der Waals surface area contributed by atoms with Gasteiger partial charge in [0, 0.05) is 30.7 Å². The number of rotatable bonds is 4. The van der Waals surface area contributed by atoms with Crippen molar-refractivity contribution in [2.24, 2.45) is 0 Å². The lowest BCUT2D eigenvalue weighted by molar-refractivity contribution is 0.315. The molecule has 4 heteroatoms. The minimum atomic E-state index is 0.563. The summed E-state index contributed by atoms with van der Waals surface area (Å²) in [4.78, 5) is 9.40. The zero-order valence-corrected chi connectivity index (χ0v) is 12.2. The molecule has 1 aliphatic rings. The van der Waals surface area contributed by atoms with Crippen LogP contribution in [0.15, 0.2) is 12.1 Å². The zero-order valence-electron chi connectivity index (χ0n) is 11.5. The lowest BCUT2D eigenvalue weighted by atomic mass is 10.2. The van der Waals surface area contributed by atoms with Crippen LogP contribution >= 0.6 is 11.6 Å². The van der Waals surface area contributed by atoms with Crippen LogP contribution in [0.4, 0.5) is 5.82 Å². The summed E-state index contributed by atoms with van der Waals surface area (Å²) in [5, 5.41) is 0. The van der Waals surface area contributed by atoms with Crippen molar-refractivity contribution < 1.29 is 0 Å². The molecule has 0 bridgehead atoms. The number of nitrogens with zero attached hydrogens (tertiary/aromatic N) is 3. The van der Waals surface area contributed by atoms with Gasteiger partial charge in [-0.3, -0.25) is 0 Å². The summed E-state index contributed by atoms with van der Waals surface area (Å²) in [6, 6.07) is 4.87. The predicted molar refractivity (Wildman–Crippen MR) is 77.5 cm³/mol. The number of halogens is 1. The fourth-order valence-corrected chi connectivity index (χ4v) is 2.58. The van der Waals surface area contributed by atoms with Crippen molar-refractivity contribution in [1.29, 1.82) is 0 Å². The Kier molecular flexibility index (Phi) is 4.46. The molecule has 3 nitrogen and oxygen atoms in total. The molecule has 0 amide bonds. The van der Waals surface area contributed by atoms with Gasteiger partial charge in [-0.1, -0.05) is 6.92 Å². The van der Waals surface area contributed by atoms with E-state index in [2.05, 4.69) is 43.0 Å². The van der Waals surface area contributed by atoms with E-state index in [1.165, 1.54) is 12.0 Å². The Morgan fingerprint density at radius 3 is 2.78 bits per heavy atom. The molecule has 2 heterocycles. The van der Waals surface area contributed by atoms with Crippen LogP contribution in [0.1, 0.15) is 24.6 Å². The van der Waals surface area contributed by atoms with Crippen LogP contribution in [0, 0.1) is 0 Å². The summed E-state index contributed by atoms with van der Waals surface area (Å²) in [7, 11) is 4.29. The maximum atomic E-state index is 5.96. The molecule has 1 atom stereocenters. The molecule has 2 rings (SSSR count). The van der Waals surface area contributed by atoms with E-state index in [0.717, 1.165) is 31.0 Å². The normalized spacial score (nSPS) is 19.8. The number of pyridine rings is 1. The van der Waals surface area contributed by atoms with Crippen molar-refractivity contribution in [3.8, 4) is 0 Å². The molecular formula is C14H22ClN3. The van der Waals surface area contributed by atoms with Gasteiger partial charge in [0.1, 0.15) is 5.82 Å². The first-order valence-corrected chi connectivity index (χ1v) is 7.14. The van der Waals surface area contributed by atoms with Crippen LogP contribution in [0.5, 0.6) is 0 Å². The smallest absolute Gasteiger partial charge is 0.129 e. The van der Waals surface area contributed by atoms with Crippen molar-refractivity contribution in [2.45, 2.75) is 31.7 Å². The molecule has 0 spiro atoms. The molecule has 1 aromatic rings. The van der Waals surface area contributed by atoms with Gasteiger partial charge in [-0.25, -0.2) is 4.98 Å². The van der Waals surface area contributed by atoms with Gasteiger partial charge in [-0.2, -0.15) is 0 Å². The fraction of sp³-hybridized carbons (Fsp3) is 0.643. The van der Waals surface area contributed by atoms with E-state index in [1.807, 2.05) is 0 Å². The number of hydrogen-bond donors (Lipinski definition) is 0. The van der Waals surface area contributed by atoms with Crippen LogP contribution in [-0.2, 0) is 12.3 Å². The van der Waals surface area contributed by atoms with Crippen molar-refractivity contribution in [1.82, 2.24) is 9.88 Å². The number of anilines is 1. The van der Waals surface area contributed by atoms with Crippen molar-refractivity contribution >= 4 is 17.4 Å². The topological polar surface area (TPSA) is 19.4 Å². The highest BCUT2D eigenvalue weighted by atomic mass is 35.5. The highest BCUT2D eigenvalue weighted by Gasteiger charge is 2.25. The first-order valence-electron chi connectivity index (χ1n) is 6.61. The summed E-state index contributed by atoms with van der Waals surface area (Å²) >= 11 is 5.96. The highest BCUT2D eigenvalue weighted by molar-refractivity contribution is 6.17. The minimum absolute atomic E-state index is 0.563. The Morgan fingerprint density at radius 2 is 2.22 bits per heavy atom. The molecule has 1 saturated heterocycles. The second-order valence-corrected chi connectivity index (χ2v) is 5.43. The van der Waals surface area contributed by atoms with Crippen LogP contribution < -0.4 is 4.90 Å². The zero-order chi connectivity index (χ0) is 13.1. The fourth-order valence-electron chi connectivity index (χ4n) is 2.42. The van der Waals surface area contributed by atoms with E-state index in [-0.39, 0.29) is 0 Å². The molecule has 0 saturated carbocycles. The summed E-state index contributed by atoms with van der Waals surface area (Å²) in [6.45, 7) is 4.29. The third kappa shape index (κ3) is 2.96. The molecular weight excluding hydrogens is 246 g/mol. The quantitative estimate of drug-likeness (QED) is 0.782. The SMILES string of the molecule is CCc1cc(CCl)cc(N2CCC(N(C)C)C2)n1. The van der Waals surface area contributed by atoms with Gasteiger partial charge in [0.2, 0.25) is 0 Å². The van der Waals surface area contributed by atoms with Crippen LogP contribution in [-0.4, -0.2) is 43.1 Å². The molecule has 0 N–H and O–H groups in total. The monoisotopic (exact) mass is 267 g/mol. The van der Waals surface area contributed by atoms with Gasteiger partial charge >= 0.3 is 0 Å². The molecule has 1 fully saturated rings. The average Bonchev–Trinajstić information content (AvgIpc) is 2.87. The summed E-state index contributed by atoms with van der Waals surface area (Å²) < 4.78 is 0. The average molecular weight is 268 g/mol. The van der Waals surface area contributed by atoms with Gasteiger partial charge in [-0.05, 0) is 44.6 Å². The Labute approximate surface area is 115 Å². The standard InChI is InChI=1S/C14H22ClN3/c1-4-12-7-11(9-15)8-14(16-12)18-6-5-13(10-18)17(2)3/h7-8,13H,4-6,9-10H2,1-3H3. The van der Waals surface area contributed by atoms with Crippen LogP contribution in [0.25, 0.3) is 0 Å². The summed E-state index contributed by atoms with van der Waals surface area (Å²) in [6.07, 6.45) is 2.17. The number of alkyl halides is 1. The maximum absolute atomic E-state index is 5.96. The lowest BCUT2D eigenvalue weighted by Crippen LogP contribution is -2.31. The van der Waals surface area contributed by atoms with Gasteiger partial charge in [-0.15, -0.1) is 11.6 Å². The summed E-state index contributed by atoms with van der Waals surface area (Å²) in [5.41, 5.74) is 2.31. The van der Waals surface area contributed by atoms with E-state index in [1.54, 1.807) is 0 Å². The van der Waals surface area contributed by atoms with Gasteiger partial charge in [0.15, 0.2) is 0 Å². The van der Waals surface area contributed by atoms with Crippen molar-refractivity contribution in [3.63, 3.8) is 0 Å². The molecule has 100 valence electrons.